The van der Waals surface area contributed by atoms with Crippen molar-refractivity contribution in [3.05, 3.63) is 33.8 Å². The molecule has 0 saturated carbocycles. The van der Waals surface area contributed by atoms with Crippen LogP contribution in [0.3, 0.4) is 0 Å². The van der Waals surface area contributed by atoms with Gasteiger partial charge in [-0.25, -0.2) is 8.78 Å². The van der Waals surface area contributed by atoms with E-state index in [-0.39, 0.29) is 28.7 Å². The zero-order chi connectivity index (χ0) is 12.1. The van der Waals surface area contributed by atoms with Crippen molar-refractivity contribution < 1.29 is 13.6 Å². The number of halogens is 3. The van der Waals surface area contributed by atoms with Gasteiger partial charge in [-0.1, -0.05) is 6.92 Å². The van der Waals surface area contributed by atoms with Crippen molar-refractivity contribution in [2.75, 3.05) is 0 Å². The van der Waals surface area contributed by atoms with E-state index in [1.807, 2.05) is 6.92 Å². The SMILES string of the molecule is CCCC(=O)CCc1c(F)ccc(Br)c1F. The highest BCUT2D eigenvalue weighted by Crippen LogP contribution is 2.22. The maximum Gasteiger partial charge on any atom is 0.143 e. The first kappa shape index (κ1) is 13.3. The Hall–Kier alpha value is -0.770. The van der Waals surface area contributed by atoms with Gasteiger partial charge in [-0.3, -0.25) is 4.79 Å². The predicted octanol–water partition coefficient (Wildman–Crippen LogP) is 4.03. The summed E-state index contributed by atoms with van der Waals surface area (Å²) in [6.07, 6.45) is 1.55. The molecule has 0 aliphatic carbocycles. The fraction of sp³-hybridized carbons (Fsp3) is 0.417. The number of rotatable bonds is 5. The molecule has 1 aromatic rings. The fourth-order valence-corrected chi connectivity index (χ4v) is 1.84. The molecular formula is C12H13BrF2O. The van der Waals surface area contributed by atoms with Gasteiger partial charge in [-0.15, -0.1) is 0 Å². The van der Waals surface area contributed by atoms with Gasteiger partial charge in [-0.05, 0) is 40.9 Å². The summed E-state index contributed by atoms with van der Waals surface area (Å²) in [5.41, 5.74) is -0.0150. The second-order valence-corrected chi connectivity index (χ2v) is 4.46. The fourth-order valence-electron chi connectivity index (χ4n) is 1.47. The van der Waals surface area contributed by atoms with Gasteiger partial charge in [0.05, 0.1) is 4.47 Å². The predicted molar refractivity (Wildman–Crippen MR) is 62.3 cm³/mol. The molecule has 0 unspecified atom stereocenters. The molecule has 1 rings (SSSR count). The van der Waals surface area contributed by atoms with Gasteiger partial charge in [0.2, 0.25) is 0 Å². The van der Waals surface area contributed by atoms with Crippen molar-refractivity contribution in [3.63, 3.8) is 0 Å². The average Bonchev–Trinajstić information content (AvgIpc) is 2.24. The summed E-state index contributed by atoms with van der Waals surface area (Å²) >= 11 is 2.99. The van der Waals surface area contributed by atoms with Crippen molar-refractivity contribution in [1.82, 2.24) is 0 Å². The van der Waals surface area contributed by atoms with Crippen LogP contribution in [0.1, 0.15) is 31.7 Å². The number of benzene rings is 1. The lowest BCUT2D eigenvalue weighted by atomic mass is 10.0. The standard InChI is InChI=1S/C12H13BrF2O/c1-2-3-8(16)4-5-9-11(14)7-6-10(13)12(9)15/h6-7H,2-5H2,1H3. The normalized spacial score (nSPS) is 10.5. The summed E-state index contributed by atoms with van der Waals surface area (Å²) in [4.78, 5) is 11.3. The van der Waals surface area contributed by atoms with E-state index < -0.39 is 11.6 Å². The summed E-state index contributed by atoms with van der Waals surface area (Å²) in [5, 5.41) is 0. The van der Waals surface area contributed by atoms with Gasteiger partial charge in [0.1, 0.15) is 17.4 Å². The molecule has 0 aromatic heterocycles. The maximum atomic E-state index is 13.5. The number of Topliss-reactive ketones (excluding diaryl/α,β-unsaturated/α-hetero) is 1. The highest BCUT2D eigenvalue weighted by molar-refractivity contribution is 9.10. The number of hydrogen-bond donors (Lipinski definition) is 0. The first-order valence-corrected chi connectivity index (χ1v) is 5.99. The third kappa shape index (κ3) is 3.37. The van der Waals surface area contributed by atoms with E-state index >= 15 is 0 Å². The van der Waals surface area contributed by atoms with Crippen LogP contribution in [0.15, 0.2) is 16.6 Å². The Morgan fingerprint density at radius 2 is 2.00 bits per heavy atom. The number of carbonyl (C=O) groups is 1. The highest BCUT2D eigenvalue weighted by Gasteiger charge is 2.13. The molecule has 0 saturated heterocycles. The van der Waals surface area contributed by atoms with Gasteiger partial charge in [-0.2, -0.15) is 0 Å². The summed E-state index contributed by atoms with van der Waals surface area (Å²) in [7, 11) is 0. The Balaban J connectivity index is 2.74. The summed E-state index contributed by atoms with van der Waals surface area (Å²) < 4.78 is 27.0. The molecule has 0 heterocycles. The van der Waals surface area contributed by atoms with E-state index in [9.17, 15) is 13.6 Å². The van der Waals surface area contributed by atoms with Crippen LogP contribution in [0.5, 0.6) is 0 Å². The smallest absolute Gasteiger partial charge is 0.143 e. The molecule has 0 aliphatic rings. The van der Waals surface area contributed by atoms with E-state index in [2.05, 4.69) is 15.9 Å². The van der Waals surface area contributed by atoms with Crippen LogP contribution in [0.2, 0.25) is 0 Å². The molecule has 88 valence electrons. The van der Waals surface area contributed by atoms with Crippen molar-refractivity contribution in [1.29, 1.82) is 0 Å². The minimum atomic E-state index is -0.607. The van der Waals surface area contributed by atoms with Crippen LogP contribution in [-0.4, -0.2) is 5.78 Å². The van der Waals surface area contributed by atoms with E-state index in [1.54, 1.807) is 0 Å². The zero-order valence-electron chi connectivity index (χ0n) is 9.03. The van der Waals surface area contributed by atoms with Crippen molar-refractivity contribution in [3.8, 4) is 0 Å². The first-order valence-electron chi connectivity index (χ1n) is 5.20. The lowest BCUT2D eigenvalue weighted by Crippen LogP contribution is -2.03. The van der Waals surface area contributed by atoms with Crippen LogP contribution in [-0.2, 0) is 11.2 Å². The highest BCUT2D eigenvalue weighted by atomic mass is 79.9. The van der Waals surface area contributed by atoms with E-state index in [0.29, 0.717) is 6.42 Å². The molecular weight excluding hydrogens is 278 g/mol. The van der Waals surface area contributed by atoms with Gasteiger partial charge in [0.15, 0.2) is 0 Å². The molecule has 0 spiro atoms. The van der Waals surface area contributed by atoms with Gasteiger partial charge in [0.25, 0.3) is 0 Å². The van der Waals surface area contributed by atoms with Gasteiger partial charge in [0, 0.05) is 18.4 Å². The monoisotopic (exact) mass is 290 g/mol. The molecule has 0 radical (unpaired) electrons. The van der Waals surface area contributed by atoms with Crippen LogP contribution in [0.25, 0.3) is 0 Å². The van der Waals surface area contributed by atoms with Crippen LogP contribution in [0, 0.1) is 11.6 Å². The minimum absolute atomic E-state index is 0.0150. The Morgan fingerprint density at radius 3 is 2.62 bits per heavy atom. The zero-order valence-corrected chi connectivity index (χ0v) is 10.6. The molecule has 1 aromatic carbocycles. The Morgan fingerprint density at radius 1 is 1.31 bits per heavy atom. The third-order valence-electron chi connectivity index (χ3n) is 2.32. The van der Waals surface area contributed by atoms with Crippen molar-refractivity contribution >= 4 is 21.7 Å². The second kappa shape index (κ2) is 6.09. The maximum absolute atomic E-state index is 13.5. The number of carbonyl (C=O) groups excluding carboxylic acids is 1. The van der Waals surface area contributed by atoms with Crippen LogP contribution >= 0.6 is 15.9 Å². The Kier molecular flexibility index (Phi) is 5.06. The largest absolute Gasteiger partial charge is 0.300 e. The van der Waals surface area contributed by atoms with Crippen molar-refractivity contribution in [2.24, 2.45) is 0 Å². The minimum Gasteiger partial charge on any atom is -0.300 e. The topological polar surface area (TPSA) is 17.1 Å². The lowest BCUT2D eigenvalue weighted by Gasteiger charge is -2.05. The molecule has 1 nitrogen and oxygen atoms in total. The van der Waals surface area contributed by atoms with Crippen molar-refractivity contribution in [2.45, 2.75) is 32.6 Å². The van der Waals surface area contributed by atoms with E-state index in [0.717, 1.165) is 6.42 Å². The Labute approximate surface area is 102 Å². The molecule has 4 heteroatoms. The second-order valence-electron chi connectivity index (χ2n) is 3.61. The summed E-state index contributed by atoms with van der Waals surface area (Å²) in [5.74, 6) is -1.16. The van der Waals surface area contributed by atoms with E-state index in [1.165, 1.54) is 12.1 Å². The molecule has 0 amide bonds. The van der Waals surface area contributed by atoms with E-state index in [4.69, 9.17) is 0 Å². The third-order valence-corrected chi connectivity index (χ3v) is 2.93. The molecule has 0 atom stereocenters. The van der Waals surface area contributed by atoms with Gasteiger partial charge < -0.3 is 0 Å². The summed E-state index contributed by atoms with van der Waals surface area (Å²) in [6.45, 7) is 1.90. The van der Waals surface area contributed by atoms with Gasteiger partial charge >= 0.3 is 0 Å². The Bertz CT molecular complexity index is 391. The average molecular weight is 291 g/mol. The summed E-state index contributed by atoms with van der Waals surface area (Å²) in [6, 6.07) is 2.52. The number of hydrogen-bond acceptors (Lipinski definition) is 1. The quantitative estimate of drug-likeness (QED) is 0.749. The molecule has 0 aliphatic heterocycles. The lowest BCUT2D eigenvalue weighted by molar-refractivity contribution is -0.119. The number of ketones is 1. The molecule has 0 N–H and O–H groups in total. The molecule has 0 bridgehead atoms. The van der Waals surface area contributed by atoms with Crippen LogP contribution in [0.4, 0.5) is 8.78 Å². The molecule has 16 heavy (non-hydrogen) atoms. The van der Waals surface area contributed by atoms with Crippen LogP contribution < -0.4 is 0 Å². The first-order chi connectivity index (χ1) is 7.56. The molecule has 0 fully saturated rings.